The number of aryl methyl sites for hydroxylation is 1. The zero-order valence-corrected chi connectivity index (χ0v) is 21.4. The lowest BCUT2D eigenvalue weighted by atomic mass is 10.0. The Morgan fingerprint density at radius 1 is 1.15 bits per heavy atom. The molecule has 10 heteroatoms. The molecule has 3 N–H and O–H groups in total. The van der Waals surface area contributed by atoms with Crippen LogP contribution in [0.5, 0.6) is 5.75 Å². The summed E-state index contributed by atoms with van der Waals surface area (Å²) in [7, 11) is 1.56. The van der Waals surface area contributed by atoms with Gasteiger partial charge in [0.15, 0.2) is 5.82 Å². The fourth-order valence-electron chi connectivity index (χ4n) is 3.35. The molecule has 0 spiro atoms. The van der Waals surface area contributed by atoms with Crippen LogP contribution in [0, 0.1) is 6.92 Å². The minimum absolute atomic E-state index is 0. The van der Waals surface area contributed by atoms with Crippen LogP contribution in [0.1, 0.15) is 43.9 Å². The Morgan fingerprint density at radius 3 is 2.59 bits per heavy atom. The van der Waals surface area contributed by atoms with Crippen LogP contribution in [-0.4, -0.2) is 34.6 Å². The highest BCUT2D eigenvalue weighted by molar-refractivity contribution is 5.91. The maximum absolute atomic E-state index is 11.9. The Kier molecular flexibility index (Phi) is 12.1. The fraction of sp³-hybridized carbons (Fsp3) is 0.333. The maximum atomic E-state index is 11.9. The van der Waals surface area contributed by atoms with Crippen molar-refractivity contribution in [1.82, 2.24) is 20.3 Å². The summed E-state index contributed by atoms with van der Waals surface area (Å²) in [5.41, 5.74) is 3.45. The molecule has 1 atom stereocenters. The third-order valence-electron chi connectivity index (χ3n) is 4.99. The second kappa shape index (κ2) is 14.2. The number of nitrogens with zero attached hydrogens (tertiary/aromatic N) is 3. The van der Waals surface area contributed by atoms with E-state index in [4.69, 9.17) is 9.72 Å². The Bertz CT molecular complexity index is 1050. The minimum atomic E-state index is -0.283. The summed E-state index contributed by atoms with van der Waals surface area (Å²) < 4.78 is 5.47. The average Bonchev–Trinajstić information content (AvgIpc) is 2.81. The number of ether oxygens (including phenoxy) is 1. The first-order valence-electron chi connectivity index (χ1n) is 10.8. The van der Waals surface area contributed by atoms with E-state index >= 15 is 0 Å². The van der Waals surface area contributed by atoms with E-state index in [1.165, 1.54) is 0 Å². The van der Waals surface area contributed by atoms with Crippen LogP contribution >= 0.6 is 24.8 Å². The molecule has 8 nitrogen and oxygen atoms in total. The molecule has 0 aliphatic rings. The van der Waals surface area contributed by atoms with Crippen LogP contribution in [0.2, 0.25) is 0 Å². The van der Waals surface area contributed by atoms with Crippen LogP contribution in [-0.2, 0) is 0 Å². The summed E-state index contributed by atoms with van der Waals surface area (Å²) >= 11 is 0. The van der Waals surface area contributed by atoms with E-state index in [0.717, 1.165) is 35.3 Å². The molecule has 3 rings (SSSR count). The smallest absolute Gasteiger partial charge is 0.319 e. The molecule has 3 aromatic rings. The van der Waals surface area contributed by atoms with Gasteiger partial charge < -0.3 is 20.7 Å². The lowest BCUT2D eigenvalue weighted by molar-refractivity contribution is 0.252. The second-order valence-corrected chi connectivity index (χ2v) is 7.40. The largest absolute Gasteiger partial charge is 0.495 e. The van der Waals surface area contributed by atoms with Crippen molar-refractivity contribution in [3.8, 4) is 17.1 Å². The van der Waals surface area contributed by atoms with E-state index in [-0.39, 0.29) is 36.9 Å². The van der Waals surface area contributed by atoms with Gasteiger partial charge in [0, 0.05) is 36.3 Å². The number of urea groups is 1. The summed E-state index contributed by atoms with van der Waals surface area (Å²) in [5.74, 6) is 1.88. The van der Waals surface area contributed by atoms with Crippen LogP contribution < -0.4 is 20.7 Å². The van der Waals surface area contributed by atoms with Crippen molar-refractivity contribution in [2.45, 2.75) is 39.7 Å². The molecule has 0 aliphatic carbocycles. The van der Waals surface area contributed by atoms with E-state index < -0.39 is 0 Å². The molecule has 2 heterocycles. The number of nitrogens with one attached hydrogen (secondary N) is 3. The van der Waals surface area contributed by atoms with Gasteiger partial charge in [-0.3, -0.25) is 4.98 Å². The molecule has 184 valence electrons. The lowest BCUT2D eigenvalue weighted by Crippen LogP contribution is -2.28. The van der Waals surface area contributed by atoms with Gasteiger partial charge in [0.05, 0.1) is 18.8 Å². The van der Waals surface area contributed by atoms with E-state index in [1.807, 2.05) is 44.4 Å². The predicted octanol–water partition coefficient (Wildman–Crippen LogP) is 5.79. The number of hydrogen-bond acceptors (Lipinski definition) is 6. The number of hydrogen-bond donors (Lipinski definition) is 3. The number of pyridine rings is 1. The number of rotatable bonds is 9. The number of amides is 2. The zero-order chi connectivity index (χ0) is 22.9. The van der Waals surface area contributed by atoms with Gasteiger partial charge in [-0.05, 0) is 50.1 Å². The van der Waals surface area contributed by atoms with Gasteiger partial charge in [0.2, 0.25) is 0 Å². The number of methoxy groups -OCH3 is 1. The second-order valence-electron chi connectivity index (χ2n) is 7.40. The molecule has 0 saturated carbocycles. The average molecular weight is 507 g/mol. The van der Waals surface area contributed by atoms with E-state index in [0.29, 0.717) is 23.8 Å². The highest BCUT2D eigenvalue weighted by Gasteiger charge is 2.15. The predicted molar refractivity (Wildman–Crippen MR) is 141 cm³/mol. The topological polar surface area (TPSA) is 101 Å². The maximum Gasteiger partial charge on any atom is 0.319 e. The number of benzene rings is 1. The van der Waals surface area contributed by atoms with Crippen molar-refractivity contribution >= 4 is 42.4 Å². The van der Waals surface area contributed by atoms with Crippen molar-refractivity contribution in [1.29, 1.82) is 0 Å². The zero-order valence-electron chi connectivity index (χ0n) is 19.8. The Balaban J connectivity index is 0.00000289. The summed E-state index contributed by atoms with van der Waals surface area (Å²) in [4.78, 5) is 25.4. The SMILES string of the molecule is CCC[C@H](Nc1nc(-c2ccc(NC(=O)NCC)c(OC)c2)ncc1C)c1cccnc1.Cl.Cl. The van der Waals surface area contributed by atoms with Crippen molar-refractivity contribution in [2.24, 2.45) is 0 Å². The number of aromatic nitrogens is 3. The van der Waals surface area contributed by atoms with Crippen molar-refractivity contribution < 1.29 is 9.53 Å². The lowest BCUT2D eigenvalue weighted by Gasteiger charge is -2.20. The van der Waals surface area contributed by atoms with Crippen LogP contribution in [0.25, 0.3) is 11.4 Å². The van der Waals surface area contributed by atoms with Gasteiger partial charge in [-0.15, -0.1) is 24.8 Å². The first kappa shape index (κ1) is 28.9. The first-order valence-corrected chi connectivity index (χ1v) is 10.8. The molecular formula is C24H32Cl2N6O2. The molecule has 1 aromatic carbocycles. The Hall–Kier alpha value is -3.10. The van der Waals surface area contributed by atoms with Gasteiger partial charge in [-0.2, -0.15) is 0 Å². The number of halogens is 2. The third kappa shape index (κ3) is 7.46. The molecule has 34 heavy (non-hydrogen) atoms. The molecular weight excluding hydrogens is 475 g/mol. The quantitative estimate of drug-likeness (QED) is 0.339. The Labute approximate surface area is 213 Å². The molecule has 2 aromatic heterocycles. The standard InChI is InChI=1S/C24H30N6O2.2ClH/c1-5-8-19(18-9-7-12-25-15-18)28-22-16(3)14-27-23(30-22)17-10-11-20(21(13-17)32-4)29-24(31)26-6-2;;/h7,9-15,19H,5-6,8H2,1-4H3,(H2,26,29,31)(H,27,28,30);2*1H/t19-;;/m0../s1. The molecule has 0 fully saturated rings. The van der Waals surface area contributed by atoms with Gasteiger partial charge >= 0.3 is 6.03 Å². The normalized spacial score (nSPS) is 10.8. The molecule has 0 saturated heterocycles. The minimum Gasteiger partial charge on any atom is -0.495 e. The molecule has 0 radical (unpaired) electrons. The van der Waals surface area contributed by atoms with Crippen LogP contribution in [0.15, 0.2) is 48.9 Å². The van der Waals surface area contributed by atoms with E-state index in [1.54, 1.807) is 19.4 Å². The number of carbonyl (C=O) groups excluding carboxylic acids is 1. The van der Waals surface area contributed by atoms with Crippen LogP contribution in [0.4, 0.5) is 16.3 Å². The Morgan fingerprint density at radius 2 is 1.94 bits per heavy atom. The first-order chi connectivity index (χ1) is 15.5. The summed E-state index contributed by atoms with van der Waals surface area (Å²) in [6, 6.07) is 9.31. The van der Waals surface area contributed by atoms with E-state index in [9.17, 15) is 4.79 Å². The highest BCUT2D eigenvalue weighted by atomic mass is 35.5. The number of anilines is 2. The third-order valence-corrected chi connectivity index (χ3v) is 4.99. The summed E-state index contributed by atoms with van der Waals surface area (Å²) in [6.45, 7) is 6.54. The van der Waals surface area contributed by atoms with Gasteiger partial charge in [0.1, 0.15) is 11.6 Å². The van der Waals surface area contributed by atoms with Crippen molar-refractivity contribution in [3.05, 3.63) is 60.0 Å². The van der Waals surface area contributed by atoms with Gasteiger partial charge in [-0.25, -0.2) is 14.8 Å². The molecule has 0 unspecified atom stereocenters. The van der Waals surface area contributed by atoms with Crippen molar-refractivity contribution in [3.63, 3.8) is 0 Å². The van der Waals surface area contributed by atoms with E-state index in [2.05, 4.69) is 38.9 Å². The molecule has 0 aliphatic heterocycles. The van der Waals surface area contributed by atoms with Gasteiger partial charge in [-0.1, -0.05) is 19.4 Å². The fourth-order valence-corrected chi connectivity index (χ4v) is 3.35. The van der Waals surface area contributed by atoms with Crippen LogP contribution in [0.3, 0.4) is 0 Å². The summed E-state index contributed by atoms with van der Waals surface area (Å²) in [6.07, 6.45) is 7.46. The summed E-state index contributed by atoms with van der Waals surface area (Å²) in [5, 5.41) is 9.06. The molecule has 2 amide bonds. The highest BCUT2D eigenvalue weighted by Crippen LogP contribution is 2.31. The molecule has 0 bridgehead atoms. The van der Waals surface area contributed by atoms with Gasteiger partial charge in [0.25, 0.3) is 0 Å². The monoisotopic (exact) mass is 506 g/mol. The van der Waals surface area contributed by atoms with Crippen molar-refractivity contribution in [2.75, 3.05) is 24.3 Å². The number of carbonyl (C=O) groups is 1.